The molecule has 0 aromatic carbocycles. The summed E-state index contributed by atoms with van der Waals surface area (Å²) in [6.07, 6.45) is 38.5. The summed E-state index contributed by atoms with van der Waals surface area (Å²) in [6.45, 7) is 21.0. The monoisotopic (exact) mass is 737 g/mol. The number of unbranched alkanes of at least 4 members (excludes halogenated alkanes) is 17. The lowest BCUT2D eigenvalue weighted by atomic mass is 9.33. The zero-order valence-electron chi connectivity index (χ0n) is 36.6. The number of hydrogen-bond donors (Lipinski definition) is 1. The predicted octanol–water partition coefficient (Wildman–Crippen LogP) is 15.2. The topological polar surface area (TPSA) is 46.5 Å². The molecule has 0 saturated heterocycles. The van der Waals surface area contributed by atoms with Crippen LogP contribution in [-0.4, -0.2) is 23.8 Å². The van der Waals surface area contributed by atoms with Gasteiger partial charge in [-0.25, -0.2) is 0 Å². The Morgan fingerprint density at radius 3 is 1.77 bits per heavy atom. The Labute approximate surface area is 329 Å². The van der Waals surface area contributed by atoms with Crippen molar-refractivity contribution in [3.8, 4) is 0 Å². The lowest BCUT2D eigenvalue weighted by molar-refractivity contribution is -0.213. The molecule has 0 bridgehead atoms. The van der Waals surface area contributed by atoms with Crippen LogP contribution in [0.15, 0.2) is 11.6 Å². The normalized spacial score (nSPS) is 39.0. The van der Waals surface area contributed by atoms with E-state index in [9.17, 15) is 9.90 Å². The molecule has 0 aromatic rings. The van der Waals surface area contributed by atoms with Gasteiger partial charge in [-0.3, -0.25) is 4.79 Å². The highest BCUT2D eigenvalue weighted by Crippen LogP contribution is 2.76. The molecule has 1 N–H and O–H groups in total. The van der Waals surface area contributed by atoms with Crippen LogP contribution in [-0.2, 0) is 9.53 Å². The maximum atomic E-state index is 13.1. The summed E-state index contributed by atoms with van der Waals surface area (Å²) in [7, 11) is 0. The van der Waals surface area contributed by atoms with Crippen LogP contribution in [0.25, 0.3) is 0 Å². The van der Waals surface area contributed by atoms with E-state index in [2.05, 4.69) is 61.5 Å². The van der Waals surface area contributed by atoms with Gasteiger partial charge in [-0.05, 0) is 115 Å². The lowest BCUT2D eigenvalue weighted by Crippen LogP contribution is -2.65. The second-order valence-corrected chi connectivity index (χ2v) is 21.3. The number of rotatable bonds is 21. The van der Waals surface area contributed by atoms with Gasteiger partial charge in [0.25, 0.3) is 0 Å². The third kappa shape index (κ3) is 8.71. The SMILES string of the molecule is CCCCCCCCCCCCCCCCCCCCO[C@H]1CC[C@@]2(C)C(CC[C@]3(C)[C@@H]2CC=C2[C@@H]4[C@@H](C)[C@H](C)CC[C@]4(C(=O)O)CC[C@]23C)C1(C)C. The number of carbonyl (C=O) groups is 1. The summed E-state index contributed by atoms with van der Waals surface area (Å²) in [6, 6.07) is 0. The Kier molecular flexibility index (Phi) is 15.2. The Bertz CT molecular complexity index is 1190. The van der Waals surface area contributed by atoms with Crippen molar-refractivity contribution < 1.29 is 14.6 Å². The van der Waals surface area contributed by atoms with Crippen molar-refractivity contribution in [3.63, 3.8) is 0 Å². The molecule has 4 fully saturated rings. The van der Waals surface area contributed by atoms with E-state index in [4.69, 9.17) is 4.74 Å². The summed E-state index contributed by atoms with van der Waals surface area (Å²) >= 11 is 0. The second kappa shape index (κ2) is 18.6. The largest absolute Gasteiger partial charge is 0.481 e. The van der Waals surface area contributed by atoms with E-state index in [0.717, 1.165) is 38.7 Å². The number of ether oxygens (including phenoxy) is 1. The van der Waals surface area contributed by atoms with Crippen LogP contribution in [0.1, 0.15) is 229 Å². The smallest absolute Gasteiger partial charge is 0.310 e. The van der Waals surface area contributed by atoms with Gasteiger partial charge < -0.3 is 9.84 Å². The number of carboxylic acid groups (broad SMARTS) is 1. The predicted molar refractivity (Wildman–Crippen MR) is 225 cm³/mol. The molecule has 0 heterocycles. The van der Waals surface area contributed by atoms with Crippen LogP contribution >= 0.6 is 0 Å². The van der Waals surface area contributed by atoms with Crippen molar-refractivity contribution in [3.05, 3.63) is 11.6 Å². The minimum atomic E-state index is -0.551. The molecule has 0 aliphatic heterocycles. The van der Waals surface area contributed by atoms with Crippen LogP contribution in [0.2, 0.25) is 0 Å². The maximum Gasteiger partial charge on any atom is 0.310 e. The third-order valence-corrected chi connectivity index (χ3v) is 18.2. The standard InChI is InChI=1S/C50H88O3/c1-9-10-11-12-13-14-15-16-17-18-19-20-21-22-23-24-25-26-37-53-43-31-32-47(6)41(46(43,4)5)30-33-49(8)42(47)28-27-40-44-39(3)38(2)29-34-50(44,45(51)52)36-35-48(40,49)7/h27,38-39,41-44H,9-26,28-37H2,1-8H3,(H,51,52)/t38-,39+,41?,42-,43+,44+,47+,48-,49-,50+/m1/s1. The van der Waals surface area contributed by atoms with Gasteiger partial charge in [0.05, 0.1) is 11.5 Å². The van der Waals surface area contributed by atoms with Crippen molar-refractivity contribution in [1.82, 2.24) is 0 Å². The molecule has 5 aliphatic rings. The van der Waals surface area contributed by atoms with Crippen LogP contribution in [0.5, 0.6) is 0 Å². The first-order valence-electron chi connectivity index (χ1n) is 23.8. The average Bonchev–Trinajstić information content (AvgIpc) is 3.11. The summed E-state index contributed by atoms with van der Waals surface area (Å²) < 4.78 is 6.84. The van der Waals surface area contributed by atoms with Gasteiger partial charge >= 0.3 is 5.97 Å². The summed E-state index contributed by atoms with van der Waals surface area (Å²) in [5.74, 6) is 2.06. The minimum absolute atomic E-state index is 0.100. The third-order valence-electron chi connectivity index (χ3n) is 18.2. The van der Waals surface area contributed by atoms with Crippen molar-refractivity contribution in [2.24, 2.45) is 56.7 Å². The quantitative estimate of drug-likeness (QED) is 0.0943. The van der Waals surface area contributed by atoms with Gasteiger partial charge in [-0.15, -0.1) is 0 Å². The number of allylic oxidation sites excluding steroid dienone is 2. The van der Waals surface area contributed by atoms with Crippen molar-refractivity contribution in [2.45, 2.75) is 235 Å². The van der Waals surface area contributed by atoms with Crippen LogP contribution in [0.4, 0.5) is 0 Å². The summed E-state index contributed by atoms with van der Waals surface area (Å²) in [4.78, 5) is 13.1. The first-order chi connectivity index (χ1) is 25.3. The Balaban J connectivity index is 1.03. The Hall–Kier alpha value is -0.830. The van der Waals surface area contributed by atoms with Gasteiger partial charge in [-0.1, -0.05) is 176 Å². The first-order valence-corrected chi connectivity index (χ1v) is 23.8. The first kappa shape index (κ1) is 43.3. The summed E-state index contributed by atoms with van der Waals surface area (Å²) in [5.41, 5.74) is 1.83. The van der Waals surface area contributed by atoms with E-state index >= 15 is 0 Å². The van der Waals surface area contributed by atoms with E-state index in [1.807, 2.05) is 0 Å². The van der Waals surface area contributed by atoms with E-state index < -0.39 is 11.4 Å². The molecule has 306 valence electrons. The molecule has 5 rings (SSSR count). The molecule has 0 amide bonds. The molecule has 0 radical (unpaired) electrons. The number of carboxylic acids is 1. The average molecular weight is 737 g/mol. The van der Waals surface area contributed by atoms with Crippen LogP contribution in [0, 0.1) is 56.7 Å². The highest BCUT2D eigenvalue weighted by atomic mass is 16.5. The minimum Gasteiger partial charge on any atom is -0.481 e. The van der Waals surface area contributed by atoms with E-state index in [1.54, 1.807) is 5.57 Å². The fraction of sp³-hybridized carbons (Fsp3) is 0.940. The van der Waals surface area contributed by atoms with Crippen LogP contribution < -0.4 is 0 Å². The molecule has 0 aromatic heterocycles. The lowest BCUT2D eigenvalue weighted by Gasteiger charge is -2.71. The molecule has 3 nitrogen and oxygen atoms in total. The molecular weight excluding hydrogens is 649 g/mol. The number of fused-ring (bicyclic) bond motifs is 7. The molecule has 1 unspecified atom stereocenters. The molecule has 53 heavy (non-hydrogen) atoms. The fourth-order valence-electron chi connectivity index (χ4n) is 14.4. The Morgan fingerprint density at radius 2 is 1.23 bits per heavy atom. The molecule has 4 saturated carbocycles. The van der Waals surface area contributed by atoms with E-state index in [-0.39, 0.29) is 22.2 Å². The highest BCUT2D eigenvalue weighted by Gasteiger charge is 2.69. The van der Waals surface area contributed by atoms with E-state index in [1.165, 1.54) is 141 Å². The van der Waals surface area contributed by atoms with Crippen molar-refractivity contribution in [1.29, 1.82) is 0 Å². The van der Waals surface area contributed by atoms with Gasteiger partial charge in [0.1, 0.15) is 0 Å². The van der Waals surface area contributed by atoms with Gasteiger partial charge in [0.15, 0.2) is 0 Å². The number of hydrogen-bond acceptors (Lipinski definition) is 2. The van der Waals surface area contributed by atoms with Gasteiger partial charge in [0.2, 0.25) is 0 Å². The van der Waals surface area contributed by atoms with Crippen molar-refractivity contribution >= 4 is 5.97 Å². The maximum absolute atomic E-state index is 13.1. The summed E-state index contributed by atoms with van der Waals surface area (Å²) in [5, 5.41) is 10.7. The number of aliphatic carboxylic acids is 1. The van der Waals surface area contributed by atoms with E-state index in [0.29, 0.717) is 35.2 Å². The zero-order valence-corrected chi connectivity index (χ0v) is 36.6. The van der Waals surface area contributed by atoms with Gasteiger partial charge in [-0.2, -0.15) is 0 Å². The molecule has 5 aliphatic carbocycles. The zero-order chi connectivity index (χ0) is 38.3. The molecule has 10 atom stereocenters. The second-order valence-electron chi connectivity index (χ2n) is 21.3. The van der Waals surface area contributed by atoms with Crippen LogP contribution in [0.3, 0.4) is 0 Å². The molecular formula is C50H88O3. The van der Waals surface area contributed by atoms with Gasteiger partial charge in [0, 0.05) is 6.61 Å². The Morgan fingerprint density at radius 1 is 0.679 bits per heavy atom. The molecule has 3 heteroatoms. The highest BCUT2D eigenvalue weighted by molar-refractivity contribution is 5.76. The molecule has 0 spiro atoms. The van der Waals surface area contributed by atoms with Crippen molar-refractivity contribution in [2.75, 3.05) is 6.61 Å². The fourth-order valence-corrected chi connectivity index (χ4v) is 14.4.